The molecule has 0 aromatic heterocycles. The molecule has 0 radical (unpaired) electrons. The summed E-state index contributed by atoms with van der Waals surface area (Å²) in [6, 6.07) is 0. The molecule has 0 aliphatic carbocycles. The lowest BCUT2D eigenvalue weighted by atomic mass is 10.2. The molecule has 126 valence electrons. The molecule has 1 fully saturated rings. The van der Waals surface area contributed by atoms with Gasteiger partial charge in [0.15, 0.2) is 0 Å². The number of hydrogen-bond donors (Lipinski definition) is 1. The van der Waals surface area contributed by atoms with E-state index >= 15 is 0 Å². The number of piperazine rings is 1. The molecule has 5 nitrogen and oxygen atoms in total. The van der Waals surface area contributed by atoms with Crippen molar-refractivity contribution < 1.29 is 22.7 Å². The van der Waals surface area contributed by atoms with Crippen molar-refractivity contribution in [1.82, 2.24) is 9.80 Å². The minimum atomic E-state index is -4.25. The fourth-order valence-corrected chi connectivity index (χ4v) is 2.08. The maximum Gasteiger partial charge on any atom is 0.411 e. The van der Waals surface area contributed by atoms with Gasteiger partial charge in [-0.25, -0.2) is 0 Å². The summed E-state index contributed by atoms with van der Waals surface area (Å²) >= 11 is 0. The van der Waals surface area contributed by atoms with Crippen LogP contribution in [0.15, 0.2) is 0 Å². The first-order valence-corrected chi connectivity index (χ1v) is 6.77. The largest absolute Gasteiger partial charge is 0.411 e. The van der Waals surface area contributed by atoms with Gasteiger partial charge in [0.05, 0.1) is 0 Å². The Labute approximate surface area is 129 Å². The zero-order chi connectivity index (χ0) is 15.0. The molecule has 0 aromatic rings. The quantitative estimate of drug-likeness (QED) is 0.702. The Kier molecular flexibility index (Phi) is 9.93. The molecule has 0 aromatic carbocycles. The van der Waals surface area contributed by atoms with Crippen LogP contribution >= 0.6 is 12.4 Å². The van der Waals surface area contributed by atoms with Crippen molar-refractivity contribution >= 4 is 18.3 Å². The number of alkyl halides is 3. The van der Waals surface area contributed by atoms with Gasteiger partial charge in [-0.05, 0) is 6.42 Å². The summed E-state index contributed by atoms with van der Waals surface area (Å²) in [5.41, 5.74) is 5.34. The Bertz CT molecular complexity index is 298. The molecule has 1 aliphatic rings. The van der Waals surface area contributed by atoms with Gasteiger partial charge >= 0.3 is 6.18 Å². The van der Waals surface area contributed by atoms with E-state index in [4.69, 9.17) is 5.73 Å². The van der Waals surface area contributed by atoms with E-state index in [1.54, 1.807) is 4.90 Å². The second-order valence-electron chi connectivity index (χ2n) is 4.78. The second kappa shape index (κ2) is 10.2. The van der Waals surface area contributed by atoms with Crippen molar-refractivity contribution in [3.63, 3.8) is 0 Å². The van der Waals surface area contributed by atoms with Crippen LogP contribution in [0.2, 0.25) is 0 Å². The van der Waals surface area contributed by atoms with Gasteiger partial charge in [-0.2, -0.15) is 13.2 Å². The van der Waals surface area contributed by atoms with Crippen molar-refractivity contribution in [2.45, 2.75) is 19.0 Å². The van der Waals surface area contributed by atoms with Gasteiger partial charge < -0.3 is 15.4 Å². The third-order valence-corrected chi connectivity index (χ3v) is 3.11. The van der Waals surface area contributed by atoms with Crippen LogP contribution in [0.5, 0.6) is 0 Å². The lowest BCUT2D eigenvalue weighted by Crippen LogP contribution is -2.49. The monoisotopic (exact) mass is 333 g/mol. The number of hydrogen-bond acceptors (Lipinski definition) is 4. The zero-order valence-electron chi connectivity index (χ0n) is 11.9. The van der Waals surface area contributed by atoms with Gasteiger partial charge in [-0.15, -0.1) is 12.4 Å². The summed E-state index contributed by atoms with van der Waals surface area (Å²) in [5, 5.41) is 0. The van der Waals surface area contributed by atoms with Crippen LogP contribution in [0.3, 0.4) is 0 Å². The van der Waals surface area contributed by atoms with E-state index < -0.39 is 12.8 Å². The predicted molar refractivity (Wildman–Crippen MR) is 75.4 cm³/mol. The first kappa shape index (κ1) is 20.4. The molecule has 0 bridgehead atoms. The van der Waals surface area contributed by atoms with Crippen LogP contribution in [-0.2, 0) is 9.53 Å². The fourth-order valence-electron chi connectivity index (χ4n) is 2.08. The summed E-state index contributed by atoms with van der Waals surface area (Å²) in [6.45, 7) is 2.77. The van der Waals surface area contributed by atoms with E-state index in [-0.39, 0.29) is 24.9 Å². The molecule has 1 amide bonds. The summed E-state index contributed by atoms with van der Waals surface area (Å²) in [4.78, 5) is 15.5. The summed E-state index contributed by atoms with van der Waals surface area (Å²) in [7, 11) is 0. The summed E-state index contributed by atoms with van der Waals surface area (Å²) < 4.78 is 40.1. The van der Waals surface area contributed by atoms with Gasteiger partial charge in [-0.1, -0.05) is 0 Å². The highest BCUT2D eigenvalue weighted by Gasteiger charge is 2.27. The van der Waals surface area contributed by atoms with Gasteiger partial charge in [0.2, 0.25) is 5.91 Å². The summed E-state index contributed by atoms with van der Waals surface area (Å²) in [6.07, 6.45) is -3.33. The minimum Gasteiger partial charge on any atom is -0.372 e. The Morgan fingerprint density at radius 1 is 1.19 bits per heavy atom. The van der Waals surface area contributed by atoms with Gasteiger partial charge in [-0.3, -0.25) is 9.69 Å². The van der Waals surface area contributed by atoms with Gasteiger partial charge in [0.25, 0.3) is 0 Å². The van der Waals surface area contributed by atoms with Crippen LogP contribution in [0.4, 0.5) is 13.2 Å². The average Bonchev–Trinajstić information content (AvgIpc) is 2.38. The smallest absolute Gasteiger partial charge is 0.372 e. The highest BCUT2D eigenvalue weighted by molar-refractivity contribution is 5.85. The number of carbonyl (C=O) groups excluding carboxylic acids is 1. The Balaban J connectivity index is 0.00000400. The normalized spacial score (nSPS) is 16.7. The molecule has 2 N–H and O–H groups in total. The zero-order valence-corrected chi connectivity index (χ0v) is 12.7. The molecule has 1 heterocycles. The van der Waals surface area contributed by atoms with E-state index in [9.17, 15) is 18.0 Å². The average molecular weight is 334 g/mol. The molecular weight excluding hydrogens is 311 g/mol. The molecule has 0 atom stereocenters. The maximum atomic E-state index is 11.8. The Morgan fingerprint density at radius 3 is 2.33 bits per heavy atom. The number of ether oxygens (including phenoxy) is 1. The van der Waals surface area contributed by atoms with Crippen molar-refractivity contribution in [3.8, 4) is 0 Å². The Hall–Kier alpha value is -0.570. The lowest BCUT2D eigenvalue weighted by molar-refractivity contribution is -0.174. The van der Waals surface area contributed by atoms with E-state index in [0.29, 0.717) is 39.0 Å². The molecule has 1 rings (SSSR count). The highest BCUT2D eigenvalue weighted by atomic mass is 35.5. The maximum absolute atomic E-state index is 11.8. The van der Waals surface area contributed by atoms with E-state index in [0.717, 1.165) is 13.1 Å². The SMILES string of the molecule is Cl.NCCC(=O)N1CCN(CCCOCC(F)(F)F)CC1. The molecule has 0 spiro atoms. The first-order valence-electron chi connectivity index (χ1n) is 6.77. The third kappa shape index (κ3) is 9.13. The first-order chi connectivity index (χ1) is 9.42. The minimum absolute atomic E-state index is 0. The molecular formula is C12H23ClF3N3O2. The van der Waals surface area contributed by atoms with Crippen LogP contribution in [0.25, 0.3) is 0 Å². The van der Waals surface area contributed by atoms with Crippen LogP contribution in [0.1, 0.15) is 12.8 Å². The second-order valence-corrected chi connectivity index (χ2v) is 4.78. The molecule has 1 aliphatic heterocycles. The number of carbonyl (C=O) groups is 1. The van der Waals surface area contributed by atoms with E-state index in [2.05, 4.69) is 9.64 Å². The number of nitrogens with zero attached hydrogens (tertiary/aromatic N) is 2. The standard InChI is InChI=1S/C12H22F3N3O2.ClH/c13-12(14,15)10-20-9-1-4-17-5-7-18(8-6-17)11(19)2-3-16;/h1-10,16H2;1H. The molecule has 0 saturated carbocycles. The predicted octanol–water partition coefficient (Wildman–Crippen LogP) is 0.870. The van der Waals surface area contributed by atoms with Gasteiger partial charge in [0.1, 0.15) is 6.61 Å². The number of rotatable bonds is 7. The number of halogens is 4. The highest BCUT2D eigenvalue weighted by Crippen LogP contribution is 2.14. The van der Waals surface area contributed by atoms with Crippen molar-refractivity contribution in [2.75, 3.05) is 52.5 Å². The van der Waals surface area contributed by atoms with Crippen molar-refractivity contribution in [3.05, 3.63) is 0 Å². The number of amides is 1. The van der Waals surface area contributed by atoms with Crippen LogP contribution in [0, 0.1) is 0 Å². The molecule has 1 saturated heterocycles. The van der Waals surface area contributed by atoms with E-state index in [1.165, 1.54) is 0 Å². The topological polar surface area (TPSA) is 58.8 Å². The van der Waals surface area contributed by atoms with Crippen molar-refractivity contribution in [2.24, 2.45) is 5.73 Å². The lowest BCUT2D eigenvalue weighted by Gasteiger charge is -2.34. The molecule has 21 heavy (non-hydrogen) atoms. The fraction of sp³-hybridized carbons (Fsp3) is 0.917. The van der Waals surface area contributed by atoms with Gasteiger partial charge in [0, 0.05) is 52.3 Å². The van der Waals surface area contributed by atoms with Crippen LogP contribution in [-0.4, -0.2) is 74.4 Å². The number of nitrogens with two attached hydrogens (primary N) is 1. The van der Waals surface area contributed by atoms with Crippen LogP contribution < -0.4 is 5.73 Å². The Morgan fingerprint density at radius 2 is 1.81 bits per heavy atom. The van der Waals surface area contributed by atoms with E-state index in [1.807, 2.05) is 0 Å². The molecule has 9 heteroatoms. The molecule has 0 unspecified atom stereocenters. The summed E-state index contributed by atoms with van der Waals surface area (Å²) in [5.74, 6) is 0.0701. The van der Waals surface area contributed by atoms with Crippen molar-refractivity contribution in [1.29, 1.82) is 0 Å². The third-order valence-electron chi connectivity index (χ3n) is 3.11.